The normalized spacial score (nSPS) is 11.6. The first kappa shape index (κ1) is 27.1. The van der Waals surface area contributed by atoms with Gasteiger partial charge in [0, 0.05) is 23.4 Å². The molecule has 2 amide bonds. The molecule has 11 heteroatoms. The number of imide groups is 1. The van der Waals surface area contributed by atoms with Gasteiger partial charge in [-0.3, -0.25) is 4.98 Å². The van der Waals surface area contributed by atoms with Crippen molar-refractivity contribution in [1.82, 2.24) is 15.0 Å². The van der Waals surface area contributed by atoms with Crippen LogP contribution in [0.5, 0.6) is 5.75 Å². The van der Waals surface area contributed by atoms with E-state index in [9.17, 15) is 9.59 Å². The van der Waals surface area contributed by atoms with E-state index in [4.69, 9.17) is 25.8 Å². The van der Waals surface area contributed by atoms with Crippen molar-refractivity contribution in [2.45, 2.75) is 73.1 Å². The van der Waals surface area contributed by atoms with Gasteiger partial charge in [-0.2, -0.15) is 9.97 Å². The van der Waals surface area contributed by atoms with Gasteiger partial charge in [-0.1, -0.05) is 11.6 Å². The highest BCUT2D eigenvalue weighted by atomic mass is 35.5. The van der Waals surface area contributed by atoms with Crippen molar-refractivity contribution in [3.8, 4) is 5.75 Å². The first-order chi connectivity index (χ1) is 15.6. The van der Waals surface area contributed by atoms with Gasteiger partial charge in [0.25, 0.3) is 0 Å². The fourth-order valence-corrected chi connectivity index (χ4v) is 3.05. The summed E-state index contributed by atoms with van der Waals surface area (Å²) >= 11 is 6.19. The summed E-state index contributed by atoms with van der Waals surface area (Å²) in [6, 6.07) is 1.47. The fourth-order valence-electron chi connectivity index (χ4n) is 2.87. The van der Waals surface area contributed by atoms with E-state index in [-0.39, 0.29) is 23.5 Å². The molecule has 10 nitrogen and oxygen atoms in total. The first-order valence-corrected chi connectivity index (χ1v) is 11.0. The number of aromatic nitrogens is 3. The lowest BCUT2D eigenvalue weighted by Crippen LogP contribution is -2.44. The highest BCUT2D eigenvalue weighted by Crippen LogP contribution is 2.26. The molecule has 0 saturated carbocycles. The number of anilines is 2. The Balaban J connectivity index is 2.39. The molecular weight excluding hydrogens is 462 g/mol. The van der Waals surface area contributed by atoms with Crippen LogP contribution in [0.15, 0.2) is 12.3 Å². The van der Waals surface area contributed by atoms with E-state index in [0.717, 1.165) is 22.6 Å². The van der Waals surface area contributed by atoms with Crippen molar-refractivity contribution in [2.75, 3.05) is 17.3 Å². The van der Waals surface area contributed by atoms with Crippen molar-refractivity contribution in [3.63, 3.8) is 0 Å². The highest BCUT2D eigenvalue weighted by Gasteiger charge is 2.35. The number of methoxy groups -OCH3 is 1. The van der Waals surface area contributed by atoms with Crippen molar-refractivity contribution in [2.24, 2.45) is 0 Å². The van der Waals surface area contributed by atoms with Crippen LogP contribution in [-0.2, 0) is 16.0 Å². The van der Waals surface area contributed by atoms with Gasteiger partial charge in [-0.15, -0.1) is 4.90 Å². The summed E-state index contributed by atoms with van der Waals surface area (Å²) in [6.07, 6.45) is -0.264. The van der Waals surface area contributed by atoms with Crippen LogP contribution in [0, 0.1) is 13.8 Å². The standard InChI is InChI=1S/C23H32ClN5O5/c1-13-11-25-15(14(2)18(13)32-9)12-26-17-10-16(24)27-19(28-17)29(20(30)33-22(3,4)5)21(31)34-23(6,7)8/h10-11H,12H2,1-9H3,(H,26,27,28). The molecule has 0 saturated heterocycles. The maximum Gasteiger partial charge on any atom is 0.427 e. The molecule has 0 spiro atoms. The molecule has 2 aromatic heterocycles. The molecule has 34 heavy (non-hydrogen) atoms. The van der Waals surface area contributed by atoms with E-state index in [1.807, 2.05) is 13.8 Å². The molecule has 0 atom stereocenters. The summed E-state index contributed by atoms with van der Waals surface area (Å²) < 4.78 is 16.2. The van der Waals surface area contributed by atoms with Crippen molar-refractivity contribution in [1.29, 1.82) is 0 Å². The zero-order valence-corrected chi connectivity index (χ0v) is 21.8. The number of halogens is 1. The number of hydrogen-bond donors (Lipinski definition) is 1. The summed E-state index contributed by atoms with van der Waals surface area (Å²) in [6.45, 7) is 14.2. The predicted molar refractivity (Wildman–Crippen MR) is 130 cm³/mol. The number of nitrogens with one attached hydrogen (secondary N) is 1. The van der Waals surface area contributed by atoms with Gasteiger partial charge in [0.15, 0.2) is 0 Å². The maximum atomic E-state index is 12.9. The Hall–Kier alpha value is -3.14. The molecule has 0 aliphatic rings. The summed E-state index contributed by atoms with van der Waals surface area (Å²) in [5, 5.41) is 3.11. The third kappa shape index (κ3) is 7.44. The molecule has 2 rings (SSSR count). The number of nitrogens with zero attached hydrogens (tertiary/aromatic N) is 4. The quantitative estimate of drug-likeness (QED) is 0.543. The van der Waals surface area contributed by atoms with Crippen molar-refractivity contribution in [3.05, 3.63) is 34.2 Å². The Bertz CT molecular complexity index is 1030. The minimum Gasteiger partial charge on any atom is -0.496 e. The fraction of sp³-hybridized carbons (Fsp3) is 0.522. The van der Waals surface area contributed by atoms with Gasteiger partial charge in [0.05, 0.1) is 19.3 Å². The topological polar surface area (TPSA) is 116 Å². The number of rotatable bonds is 5. The predicted octanol–water partition coefficient (Wildman–Crippen LogP) is 5.44. The third-order valence-corrected chi connectivity index (χ3v) is 4.42. The van der Waals surface area contributed by atoms with E-state index in [1.165, 1.54) is 6.07 Å². The van der Waals surface area contributed by atoms with Crippen LogP contribution in [0.2, 0.25) is 5.15 Å². The molecule has 2 aromatic rings. The van der Waals surface area contributed by atoms with E-state index in [2.05, 4.69) is 20.3 Å². The zero-order chi connectivity index (χ0) is 25.8. The second-order valence-corrected chi connectivity index (χ2v) is 9.96. The monoisotopic (exact) mass is 493 g/mol. The molecule has 0 aliphatic carbocycles. The van der Waals surface area contributed by atoms with Gasteiger partial charge in [-0.05, 0) is 55.4 Å². The lowest BCUT2D eigenvalue weighted by Gasteiger charge is -2.27. The SMILES string of the molecule is COc1c(C)cnc(CNc2cc(Cl)nc(N(C(=O)OC(C)(C)C)C(=O)OC(C)(C)C)n2)c1C. The molecule has 2 heterocycles. The summed E-state index contributed by atoms with van der Waals surface area (Å²) in [5.74, 6) is 0.728. The van der Waals surface area contributed by atoms with Gasteiger partial charge < -0.3 is 19.5 Å². The average Bonchev–Trinajstić information content (AvgIpc) is 2.64. The number of carbonyl (C=O) groups is 2. The minimum absolute atomic E-state index is 0.00999. The highest BCUT2D eigenvalue weighted by molar-refractivity contribution is 6.29. The van der Waals surface area contributed by atoms with Gasteiger partial charge in [0.2, 0.25) is 5.95 Å². The molecule has 186 valence electrons. The zero-order valence-electron chi connectivity index (χ0n) is 21.1. The summed E-state index contributed by atoms with van der Waals surface area (Å²) in [5.41, 5.74) is 0.783. The Kier molecular flexibility index (Phi) is 8.31. The Morgan fingerprint density at radius 2 is 1.59 bits per heavy atom. The summed E-state index contributed by atoms with van der Waals surface area (Å²) in [7, 11) is 1.60. The summed E-state index contributed by atoms with van der Waals surface area (Å²) in [4.78, 5) is 39.2. The number of aryl methyl sites for hydroxylation is 1. The van der Waals surface area contributed by atoms with Gasteiger partial charge in [0.1, 0.15) is 27.9 Å². The van der Waals surface area contributed by atoms with Gasteiger partial charge >= 0.3 is 12.2 Å². The Morgan fingerprint density at radius 1 is 1.03 bits per heavy atom. The van der Waals surface area contributed by atoms with Crippen LogP contribution in [0.1, 0.15) is 58.4 Å². The molecule has 0 radical (unpaired) electrons. The number of hydrogen-bond acceptors (Lipinski definition) is 9. The van der Waals surface area contributed by atoms with Crippen molar-refractivity contribution >= 4 is 35.6 Å². The number of pyridine rings is 1. The van der Waals surface area contributed by atoms with E-state index in [0.29, 0.717) is 4.90 Å². The molecule has 0 unspecified atom stereocenters. The average molecular weight is 494 g/mol. The Labute approximate surface area is 205 Å². The largest absolute Gasteiger partial charge is 0.496 e. The van der Waals surface area contributed by atoms with Gasteiger partial charge in [-0.25, -0.2) is 9.59 Å². The van der Waals surface area contributed by atoms with Crippen LogP contribution < -0.4 is 15.0 Å². The maximum absolute atomic E-state index is 12.9. The number of ether oxygens (including phenoxy) is 3. The van der Waals surface area contributed by atoms with Crippen LogP contribution >= 0.6 is 11.6 Å². The number of amides is 2. The minimum atomic E-state index is -0.990. The van der Waals surface area contributed by atoms with E-state index >= 15 is 0 Å². The molecule has 1 N–H and O–H groups in total. The molecule has 0 aliphatic heterocycles. The smallest absolute Gasteiger partial charge is 0.427 e. The lowest BCUT2D eigenvalue weighted by molar-refractivity contribution is 0.0427. The lowest BCUT2D eigenvalue weighted by atomic mass is 10.1. The second-order valence-electron chi connectivity index (χ2n) is 9.57. The molecule has 0 aromatic carbocycles. The molecular formula is C23H32ClN5O5. The van der Waals surface area contributed by atoms with E-state index in [1.54, 1.807) is 54.8 Å². The number of carbonyl (C=O) groups excluding carboxylic acids is 2. The van der Waals surface area contributed by atoms with Crippen LogP contribution in [0.4, 0.5) is 21.4 Å². The molecule has 0 bridgehead atoms. The van der Waals surface area contributed by atoms with E-state index < -0.39 is 23.4 Å². The van der Waals surface area contributed by atoms with Crippen LogP contribution in [0.25, 0.3) is 0 Å². The third-order valence-electron chi connectivity index (χ3n) is 4.22. The first-order valence-electron chi connectivity index (χ1n) is 10.6. The molecule has 0 fully saturated rings. The Morgan fingerprint density at radius 3 is 2.09 bits per heavy atom. The van der Waals surface area contributed by atoms with Crippen molar-refractivity contribution < 1.29 is 23.8 Å². The van der Waals surface area contributed by atoms with Crippen LogP contribution in [0.3, 0.4) is 0 Å². The second kappa shape index (κ2) is 10.4. The van der Waals surface area contributed by atoms with Crippen LogP contribution in [-0.4, -0.2) is 45.5 Å².